The number of aromatic amines is 1. The number of hydrogen-bond acceptors (Lipinski definition) is 10. The normalized spacial score (nSPS) is 14.1. The number of aromatic nitrogens is 2. The number of nitrogens with one attached hydrogen (secondary N) is 1. The van der Waals surface area contributed by atoms with Crippen molar-refractivity contribution in [2.75, 3.05) is 36.2 Å². The van der Waals surface area contributed by atoms with Crippen LogP contribution in [-0.4, -0.2) is 63.6 Å². The molecule has 0 unspecified atom stereocenters. The number of Topliss-reactive ketones (excluding diaryl/α,β-unsaturated/α-hetero) is 1. The first-order valence-electron chi connectivity index (χ1n) is 11.3. The van der Waals surface area contributed by atoms with Gasteiger partial charge in [0, 0.05) is 44.8 Å². The van der Waals surface area contributed by atoms with Gasteiger partial charge in [-0.1, -0.05) is 0 Å². The maximum absolute atomic E-state index is 14.7. The molecule has 4 rings (SSSR count). The first-order chi connectivity index (χ1) is 18.3. The van der Waals surface area contributed by atoms with Crippen molar-refractivity contribution >= 4 is 40.1 Å². The molecule has 1 aliphatic rings. The van der Waals surface area contributed by atoms with Gasteiger partial charge >= 0.3 is 0 Å². The average Bonchev–Trinajstić information content (AvgIpc) is 3.39. The van der Waals surface area contributed by atoms with E-state index in [0.29, 0.717) is 11.3 Å². The maximum Gasteiger partial charge on any atom is 0.295 e. The number of pyridine rings is 1. The average molecular weight is 521 g/mol. The molecule has 0 radical (unpaired) electrons. The van der Waals surface area contributed by atoms with Crippen LogP contribution in [0.2, 0.25) is 0 Å². The molecular weight excluding hydrogens is 495 g/mol. The molecule has 0 spiro atoms. The van der Waals surface area contributed by atoms with E-state index in [9.17, 15) is 14.0 Å². The number of fused-ring (bicyclic) bond motifs is 1. The number of piperazine rings is 1. The van der Waals surface area contributed by atoms with Crippen LogP contribution in [0, 0.1) is 17.1 Å². The van der Waals surface area contributed by atoms with Crippen LogP contribution in [0.1, 0.15) is 15.9 Å². The summed E-state index contributed by atoms with van der Waals surface area (Å²) in [6.07, 6.45) is 4.63. The summed E-state index contributed by atoms with van der Waals surface area (Å²) in [4.78, 5) is 36.0. The minimum atomic E-state index is -0.885. The third-order valence-electron chi connectivity index (χ3n) is 6.03. The smallest absolute Gasteiger partial charge is 0.295 e. The Morgan fingerprint density at radius 3 is 2.42 bits per heavy atom. The number of carbonyl (C=O) groups is 2. The first-order valence-corrected chi connectivity index (χ1v) is 11.3. The molecule has 196 valence electrons. The lowest BCUT2D eigenvalue weighted by Gasteiger charge is -2.38. The summed E-state index contributed by atoms with van der Waals surface area (Å²) in [5.41, 5.74) is 6.38. The molecule has 0 bridgehead atoms. The van der Waals surface area contributed by atoms with E-state index in [1.165, 1.54) is 28.5 Å². The molecule has 0 aliphatic carbocycles. The summed E-state index contributed by atoms with van der Waals surface area (Å²) in [6.45, 7) is 0.895. The number of ketones is 1. The van der Waals surface area contributed by atoms with Crippen molar-refractivity contribution in [3.8, 4) is 6.07 Å². The van der Waals surface area contributed by atoms with Gasteiger partial charge < -0.3 is 26.4 Å². The summed E-state index contributed by atoms with van der Waals surface area (Å²) in [5, 5.41) is 15.0. The monoisotopic (exact) mass is 520 g/mol. The lowest BCUT2D eigenvalue weighted by molar-refractivity contribution is -0.127. The molecule has 1 aliphatic heterocycles. The van der Waals surface area contributed by atoms with E-state index < -0.39 is 17.5 Å². The first kappa shape index (κ1) is 25.9. The van der Waals surface area contributed by atoms with E-state index in [1.54, 1.807) is 29.2 Å². The van der Waals surface area contributed by atoms with Crippen LogP contribution >= 0.6 is 0 Å². The van der Waals surface area contributed by atoms with Gasteiger partial charge in [0.15, 0.2) is 11.6 Å². The zero-order valence-electron chi connectivity index (χ0n) is 20.1. The van der Waals surface area contributed by atoms with Gasteiger partial charge in [-0.3, -0.25) is 14.6 Å². The molecule has 1 amide bonds. The van der Waals surface area contributed by atoms with Crippen molar-refractivity contribution in [1.82, 2.24) is 19.8 Å². The fourth-order valence-corrected chi connectivity index (χ4v) is 4.11. The second kappa shape index (κ2) is 10.8. The van der Waals surface area contributed by atoms with Gasteiger partial charge in [0.05, 0.1) is 40.0 Å². The number of anilines is 2. The number of nitrogens with two attached hydrogens (primary N) is 4. The molecule has 15 heteroatoms. The molecule has 3 heterocycles. The minimum Gasteiger partial charge on any atom is -0.403 e. The lowest BCUT2D eigenvalue weighted by atomic mass is 10.1. The molecular formula is C23H25FN12O2. The number of nitriles is 1. The van der Waals surface area contributed by atoms with Gasteiger partial charge in [0.1, 0.15) is 0 Å². The van der Waals surface area contributed by atoms with Crippen LogP contribution in [0.15, 0.2) is 54.2 Å². The van der Waals surface area contributed by atoms with E-state index in [0.717, 1.165) is 11.2 Å². The van der Waals surface area contributed by atoms with Crippen molar-refractivity contribution in [2.24, 2.45) is 28.4 Å². The standard InChI is InChI=1S/C23H25FN12O2/c24-17-13-31-21(35(28)6-5-25)19-18(17)16(12-30-19)20(37)22(38)33-7-9-34(10-8-33)23(32-27)36(29)15-3-1-14(11-26)2-4-15/h1-6,12-13,30H,7-10,25,27-29H2/b6-5-,32-23-. The van der Waals surface area contributed by atoms with Gasteiger partial charge in [-0.25, -0.2) is 26.1 Å². The topological polar surface area (TPSA) is 216 Å². The van der Waals surface area contributed by atoms with Crippen LogP contribution in [-0.2, 0) is 4.79 Å². The van der Waals surface area contributed by atoms with E-state index in [2.05, 4.69) is 15.1 Å². The van der Waals surface area contributed by atoms with Crippen molar-refractivity contribution in [3.05, 3.63) is 66.0 Å². The predicted octanol–water partition coefficient (Wildman–Crippen LogP) is -0.379. The number of hydrogen-bond donors (Lipinski definition) is 5. The molecule has 14 nitrogen and oxygen atoms in total. The minimum absolute atomic E-state index is 0.105. The highest BCUT2D eigenvalue weighted by Gasteiger charge is 2.31. The summed E-state index contributed by atoms with van der Waals surface area (Å²) in [5.74, 6) is 15.5. The Hall–Kier alpha value is -5.20. The summed E-state index contributed by atoms with van der Waals surface area (Å²) >= 11 is 0. The summed E-state index contributed by atoms with van der Waals surface area (Å²) in [7, 11) is 0. The van der Waals surface area contributed by atoms with Gasteiger partial charge in [0.25, 0.3) is 11.7 Å². The number of carbonyl (C=O) groups excluding carboxylic acids is 2. The van der Waals surface area contributed by atoms with Crippen molar-refractivity contribution in [2.45, 2.75) is 0 Å². The summed E-state index contributed by atoms with van der Waals surface area (Å²) in [6, 6.07) is 8.55. The number of amides is 1. The van der Waals surface area contributed by atoms with Crippen molar-refractivity contribution < 1.29 is 14.0 Å². The molecule has 0 saturated carbocycles. The number of rotatable bonds is 5. The van der Waals surface area contributed by atoms with Gasteiger partial charge in [-0.05, 0) is 24.3 Å². The van der Waals surface area contributed by atoms with Gasteiger partial charge in [-0.2, -0.15) is 5.26 Å². The molecule has 38 heavy (non-hydrogen) atoms. The Labute approximate surface area is 216 Å². The fourth-order valence-electron chi connectivity index (χ4n) is 4.11. The van der Waals surface area contributed by atoms with Crippen molar-refractivity contribution in [1.29, 1.82) is 5.26 Å². The van der Waals surface area contributed by atoms with Crippen LogP contribution in [0.25, 0.3) is 10.9 Å². The van der Waals surface area contributed by atoms with Crippen LogP contribution in [0.4, 0.5) is 15.9 Å². The Kier molecular flexibility index (Phi) is 7.37. The number of halogens is 1. The predicted molar refractivity (Wildman–Crippen MR) is 138 cm³/mol. The molecule has 1 fully saturated rings. The van der Waals surface area contributed by atoms with Crippen LogP contribution in [0.3, 0.4) is 0 Å². The SMILES string of the molecule is N#Cc1ccc(N(N)/C(=N\N)N2CCN(C(=O)C(=O)c3c[nH]c4c(N(N)/C=C\N)ncc(F)c34)CC2)cc1. The number of hydrazone groups is 1. The van der Waals surface area contributed by atoms with Crippen LogP contribution < -0.4 is 33.3 Å². The highest BCUT2D eigenvalue weighted by atomic mass is 19.1. The highest BCUT2D eigenvalue weighted by Crippen LogP contribution is 2.28. The molecule has 2 aromatic heterocycles. The quantitative estimate of drug-likeness (QED) is 0.0729. The third-order valence-corrected chi connectivity index (χ3v) is 6.03. The number of hydrazine groups is 2. The molecule has 3 aromatic rings. The molecule has 0 atom stereocenters. The Bertz CT molecular complexity index is 1450. The number of benzene rings is 1. The largest absolute Gasteiger partial charge is 0.403 e. The number of H-pyrrole nitrogens is 1. The van der Waals surface area contributed by atoms with Crippen molar-refractivity contribution in [3.63, 3.8) is 0 Å². The zero-order chi connectivity index (χ0) is 27.4. The Morgan fingerprint density at radius 1 is 1.16 bits per heavy atom. The van der Waals surface area contributed by atoms with E-state index in [-0.39, 0.29) is 54.4 Å². The highest BCUT2D eigenvalue weighted by molar-refractivity contribution is 6.45. The zero-order valence-corrected chi connectivity index (χ0v) is 20.1. The maximum atomic E-state index is 14.7. The van der Waals surface area contributed by atoms with Gasteiger partial charge in [-0.15, -0.1) is 5.10 Å². The van der Waals surface area contributed by atoms with Crippen LogP contribution in [0.5, 0.6) is 0 Å². The molecule has 9 N–H and O–H groups in total. The Balaban J connectivity index is 1.47. The number of nitrogens with zero attached hydrogens (tertiary/aromatic N) is 7. The second-order valence-corrected chi connectivity index (χ2v) is 8.20. The lowest BCUT2D eigenvalue weighted by Crippen LogP contribution is -2.57. The molecule has 1 aromatic carbocycles. The van der Waals surface area contributed by atoms with E-state index >= 15 is 0 Å². The second-order valence-electron chi connectivity index (χ2n) is 8.20. The molecule has 1 saturated heterocycles. The third kappa shape index (κ3) is 4.76. The van der Waals surface area contributed by atoms with E-state index in [4.69, 9.17) is 28.5 Å². The van der Waals surface area contributed by atoms with E-state index in [1.807, 2.05) is 6.07 Å². The summed E-state index contributed by atoms with van der Waals surface area (Å²) < 4.78 is 14.7. The Morgan fingerprint density at radius 2 is 1.82 bits per heavy atom. The number of guanidine groups is 1. The van der Waals surface area contributed by atoms with Gasteiger partial charge in [0.2, 0.25) is 5.96 Å². The fraction of sp³-hybridized carbons (Fsp3) is 0.174.